The van der Waals surface area contributed by atoms with Crippen molar-refractivity contribution in [2.24, 2.45) is 0 Å². The predicted molar refractivity (Wildman–Crippen MR) is 62.9 cm³/mol. The Balaban J connectivity index is 3.00. The molecule has 3 nitrogen and oxygen atoms in total. The van der Waals surface area contributed by atoms with Gasteiger partial charge in [0, 0.05) is 6.42 Å². The number of rotatable bonds is 4. The van der Waals surface area contributed by atoms with Crippen molar-refractivity contribution in [3.63, 3.8) is 0 Å². The number of aryl methyl sites for hydroxylation is 2. The van der Waals surface area contributed by atoms with Crippen molar-refractivity contribution in [1.82, 2.24) is 0 Å². The lowest BCUT2D eigenvalue weighted by Crippen LogP contribution is -2.00. The summed E-state index contributed by atoms with van der Waals surface area (Å²) in [6, 6.07) is 3.63. The number of phenolic OH excluding ortho intramolecular Hbond substituents is 1. The van der Waals surface area contributed by atoms with Gasteiger partial charge < -0.3 is 10.2 Å². The fourth-order valence-electron chi connectivity index (χ4n) is 1.82. The van der Waals surface area contributed by atoms with E-state index in [0.29, 0.717) is 12.3 Å². The van der Waals surface area contributed by atoms with Gasteiger partial charge in [0.1, 0.15) is 5.75 Å². The second kappa shape index (κ2) is 5.01. The normalized spacial score (nSPS) is 10.8. The van der Waals surface area contributed by atoms with Crippen LogP contribution in [0.2, 0.25) is 0 Å². The average molecular weight is 222 g/mol. The molecule has 0 spiro atoms. The van der Waals surface area contributed by atoms with Crippen LogP contribution in [0.4, 0.5) is 0 Å². The minimum absolute atomic E-state index is 0.0498. The van der Waals surface area contributed by atoms with Crippen molar-refractivity contribution in [1.29, 1.82) is 0 Å². The van der Waals surface area contributed by atoms with Crippen LogP contribution in [-0.4, -0.2) is 16.2 Å². The molecule has 0 aliphatic carbocycles. The number of benzene rings is 1. The van der Waals surface area contributed by atoms with E-state index in [1.165, 1.54) is 0 Å². The number of carboxylic acid groups (broad SMARTS) is 1. The Morgan fingerprint density at radius 2 is 2.00 bits per heavy atom. The maximum atomic E-state index is 10.5. The average Bonchev–Trinajstić information content (AvgIpc) is 2.15. The molecule has 0 bridgehead atoms. The molecular formula is C13H18O3. The number of phenols is 1. The van der Waals surface area contributed by atoms with Gasteiger partial charge in [-0.1, -0.05) is 19.9 Å². The first-order valence-electron chi connectivity index (χ1n) is 5.46. The minimum Gasteiger partial charge on any atom is -0.508 e. The smallest absolute Gasteiger partial charge is 0.303 e. The first-order valence-corrected chi connectivity index (χ1v) is 5.46. The summed E-state index contributed by atoms with van der Waals surface area (Å²) in [4.78, 5) is 10.5. The molecule has 2 N–H and O–H groups in total. The fourth-order valence-corrected chi connectivity index (χ4v) is 1.82. The zero-order valence-electron chi connectivity index (χ0n) is 9.95. The molecule has 1 aromatic rings. The molecule has 0 unspecified atom stereocenters. The highest BCUT2D eigenvalue weighted by molar-refractivity contribution is 5.67. The van der Waals surface area contributed by atoms with Gasteiger partial charge in [0.25, 0.3) is 0 Å². The second-order valence-corrected chi connectivity index (χ2v) is 4.39. The van der Waals surface area contributed by atoms with Crippen LogP contribution >= 0.6 is 0 Å². The summed E-state index contributed by atoms with van der Waals surface area (Å²) >= 11 is 0. The lowest BCUT2D eigenvalue weighted by molar-refractivity contribution is -0.136. The highest BCUT2D eigenvalue weighted by Crippen LogP contribution is 2.27. The lowest BCUT2D eigenvalue weighted by atomic mass is 9.94. The number of aliphatic carboxylic acids is 1. The van der Waals surface area contributed by atoms with Crippen molar-refractivity contribution >= 4 is 5.97 Å². The van der Waals surface area contributed by atoms with Gasteiger partial charge in [-0.3, -0.25) is 4.79 Å². The first kappa shape index (κ1) is 12.6. The van der Waals surface area contributed by atoms with E-state index in [1.54, 1.807) is 6.07 Å². The fraction of sp³-hybridized carbons (Fsp3) is 0.462. The Morgan fingerprint density at radius 3 is 2.50 bits per heavy atom. The lowest BCUT2D eigenvalue weighted by Gasteiger charge is -2.13. The SMILES string of the molecule is Cc1cc(O)c(CCC(=O)O)cc1C(C)C. The van der Waals surface area contributed by atoms with E-state index in [-0.39, 0.29) is 12.2 Å². The van der Waals surface area contributed by atoms with Gasteiger partial charge in [0.05, 0.1) is 0 Å². The Hall–Kier alpha value is -1.51. The van der Waals surface area contributed by atoms with E-state index >= 15 is 0 Å². The van der Waals surface area contributed by atoms with E-state index in [2.05, 4.69) is 13.8 Å². The largest absolute Gasteiger partial charge is 0.508 e. The van der Waals surface area contributed by atoms with E-state index in [1.807, 2.05) is 13.0 Å². The van der Waals surface area contributed by atoms with Gasteiger partial charge in [0.2, 0.25) is 0 Å². The highest BCUT2D eigenvalue weighted by atomic mass is 16.4. The second-order valence-electron chi connectivity index (χ2n) is 4.39. The molecule has 0 atom stereocenters. The molecule has 0 amide bonds. The van der Waals surface area contributed by atoms with Crippen LogP contribution in [0.5, 0.6) is 5.75 Å². The quantitative estimate of drug-likeness (QED) is 0.823. The molecule has 3 heteroatoms. The Bertz CT molecular complexity index is 394. The standard InChI is InChI=1S/C13H18O3/c1-8(2)11-7-10(4-5-13(15)16)12(14)6-9(11)3/h6-8,14H,4-5H2,1-3H3,(H,15,16). The van der Waals surface area contributed by atoms with Crippen molar-refractivity contribution in [3.8, 4) is 5.75 Å². The third-order valence-corrected chi connectivity index (χ3v) is 2.70. The maximum absolute atomic E-state index is 10.5. The zero-order chi connectivity index (χ0) is 12.3. The van der Waals surface area contributed by atoms with Crippen LogP contribution < -0.4 is 0 Å². The molecule has 0 heterocycles. The van der Waals surface area contributed by atoms with Crippen molar-refractivity contribution in [2.75, 3.05) is 0 Å². The molecule has 1 aromatic carbocycles. The summed E-state index contributed by atoms with van der Waals surface area (Å²) in [6.07, 6.45) is 0.426. The topological polar surface area (TPSA) is 57.5 Å². The highest BCUT2D eigenvalue weighted by Gasteiger charge is 2.10. The first-order chi connectivity index (χ1) is 7.41. The van der Waals surface area contributed by atoms with Gasteiger partial charge in [0.15, 0.2) is 0 Å². The van der Waals surface area contributed by atoms with E-state index in [4.69, 9.17) is 5.11 Å². The maximum Gasteiger partial charge on any atom is 0.303 e. The van der Waals surface area contributed by atoms with Gasteiger partial charge in [-0.15, -0.1) is 0 Å². The van der Waals surface area contributed by atoms with Crippen LogP contribution in [0.15, 0.2) is 12.1 Å². The number of hydrogen-bond donors (Lipinski definition) is 2. The van der Waals surface area contributed by atoms with Crippen LogP contribution in [0.1, 0.15) is 42.9 Å². The van der Waals surface area contributed by atoms with E-state index in [9.17, 15) is 9.90 Å². The van der Waals surface area contributed by atoms with Gasteiger partial charge >= 0.3 is 5.97 Å². The van der Waals surface area contributed by atoms with Crippen molar-refractivity contribution in [2.45, 2.75) is 39.5 Å². The number of carbonyl (C=O) groups is 1. The summed E-state index contributed by atoms with van der Waals surface area (Å²) in [5, 5.41) is 18.3. The van der Waals surface area contributed by atoms with Gasteiger partial charge in [-0.25, -0.2) is 0 Å². The van der Waals surface area contributed by atoms with Crippen molar-refractivity contribution < 1.29 is 15.0 Å². The van der Waals surface area contributed by atoms with Crippen LogP contribution in [-0.2, 0) is 11.2 Å². The molecular weight excluding hydrogens is 204 g/mol. The molecule has 0 aliphatic rings. The summed E-state index contributed by atoms with van der Waals surface area (Å²) < 4.78 is 0. The summed E-state index contributed by atoms with van der Waals surface area (Å²) in [7, 11) is 0. The summed E-state index contributed by atoms with van der Waals surface area (Å²) in [5.41, 5.74) is 2.93. The molecule has 0 fully saturated rings. The molecule has 88 valence electrons. The predicted octanol–water partition coefficient (Wildman–Crippen LogP) is 2.84. The molecule has 0 saturated heterocycles. The number of carboxylic acids is 1. The minimum atomic E-state index is -0.842. The molecule has 0 aliphatic heterocycles. The molecule has 1 rings (SSSR count). The molecule has 0 aromatic heterocycles. The monoisotopic (exact) mass is 222 g/mol. The summed E-state index contributed by atoms with van der Waals surface area (Å²) in [6.45, 7) is 6.12. The number of aromatic hydroxyl groups is 1. The molecule has 16 heavy (non-hydrogen) atoms. The third-order valence-electron chi connectivity index (χ3n) is 2.70. The Kier molecular flexibility index (Phi) is 3.93. The zero-order valence-corrected chi connectivity index (χ0v) is 9.95. The van der Waals surface area contributed by atoms with E-state index < -0.39 is 5.97 Å². The third kappa shape index (κ3) is 2.99. The van der Waals surface area contributed by atoms with Crippen LogP contribution in [0.3, 0.4) is 0 Å². The van der Waals surface area contributed by atoms with Crippen LogP contribution in [0.25, 0.3) is 0 Å². The summed E-state index contributed by atoms with van der Waals surface area (Å²) in [5.74, 6) is -0.265. The molecule has 0 radical (unpaired) electrons. The van der Waals surface area contributed by atoms with Gasteiger partial charge in [-0.05, 0) is 42.0 Å². The Morgan fingerprint density at radius 1 is 1.38 bits per heavy atom. The van der Waals surface area contributed by atoms with E-state index in [0.717, 1.165) is 16.7 Å². The number of hydrogen-bond acceptors (Lipinski definition) is 2. The van der Waals surface area contributed by atoms with Gasteiger partial charge in [-0.2, -0.15) is 0 Å². The molecule has 0 saturated carbocycles. The van der Waals surface area contributed by atoms with Crippen molar-refractivity contribution in [3.05, 3.63) is 28.8 Å². The Labute approximate surface area is 95.7 Å². The van der Waals surface area contributed by atoms with Crippen LogP contribution in [0, 0.1) is 6.92 Å².